The van der Waals surface area contributed by atoms with Gasteiger partial charge in [-0.05, 0) is 44.2 Å². The van der Waals surface area contributed by atoms with E-state index >= 15 is 0 Å². The first-order valence-corrected chi connectivity index (χ1v) is 10.6. The molecule has 4 aliphatic rings. The highest BCUT2D eigenvalue weighted by Gasteiger charge is 2.62. The first-order valence-electron chi connectivity index (χ1n) is 10.6. The summed E-state index contributed by atoms with van der Waals surface area (Å²) in [6.07, 6.45) is 7.34. The molecule has 0 unspecified atom stereocenters. The number of carbonyl (C=O) groups is 2. The van der Waals surface area contributed by atoms with Crippen molar-refractivity contribution in [3.05, 3.63) is 24.2 Å². The molecule has 1 spiro atoms. The molecule has 152 valence electrons. The van der Waals surface area contributed by atoms with E-state index < -0.39 is 0 Å². The van der Waals surface area contributed by atoms with E-state index in [4.69, 9.17) is 9.15 Å². The van der Waals surface area contributed by atoms with E-state index in [1.54, 1.807) is 12.1 Å². The number of piperidine rings is 1. The Morgan fingerprint density at radius 3 is 2.89 bits per heavy atom. The number of likely N-dealkylation sites (tertiary alicyclic amines) is 2. The molecule has 1 N–H and O–H groups in total. The highest BCUT2D eigenvalue weighted by atomic mass is 16.5. The van der Waals surface area contributed by atoms with E-state index in [-0.39, 0.29) is 23.5 Å². The lowest BCUT2D eigenvalue weighted by Gasteiger charge is -2.29. The summed E-state index contributed by atoms with van der Waals surface area (Å²) in [6.45, 7) is 4.64. The molecule has 4 fully saturated rings. The number of fused-ring (bicyclic) bond motifs is 1. The van der Waals surface area contributed by atoms with E-state index in [1.807, 2.05) is 4.90 Å². The van der Waals surface area contributed by atoms with Crippen molar-refractivity contribution in [3.63, 3.8) is 0 Å². The number of nitrogens with one attached hydrogen (secondary N) is 1. The molecule has 5 rings (SSSR count). The molecule has 5 heterocycles. The van der Waals surface area contributed by atoms with E-state index in [2.05, 4.69) is 10.2 Å². The van der Waals surface area contributed by atoms with Crippen LogP contribution in [0.3, 0.4) is 0 Å². The molecule has 4 aliphatic heterocycles. The van der Waals surface area contributed by atoms with Crippen LogP contribution in [0.15, 0.2) is 22.8 Å². The standard InChI is InChI=1S/C21H29N3O4/c25-19(24-8-2-1-3-9-24)13-23-12-16-15(17-6-7-21(16,14-23)28-17)11-22-20(26)18-5-4-10-27-18/h4-5,10,15-17H,1-3,6-9,11-14H2,(H,22,26)/t15-,16+,17+,21+/m0/s1. The fourth-order valence-corrected chi connectivity index (χ4v) is 5.82. The van der Waals surface area contributed by atoms with Crippen LogP contribution in [0.1, 0.15) is 42.7 Å². The van der Waals surface area contributed by atoms with Crippen molar-refractivity contribution in [2.24, 2.45) is 11.8 Å². The fraction of sp³-hybridized carbons (Fsp3) is 0.714. The van der Waals surface area contributed by atoms with Crippen LogP contribution in [-0.4, -0.2) is 72.6 Å². The van der Waals surface area contributed by atoms with Gasteiger partial charge in [0.15, 0.2) is 5.76 Å². The van der Waals surface area contributed by atoms with Crippen molar-refractivity contribution in [3.8, 4) is 0 Å². The van der Waals surface area contributed by atoms with Gasteiger partial charge in [-0.25, -0.2) is 0 Å². The highest BCUT2D eigenvalue weighted by Crippen LogP contribution is 2.54. The maximum atomic E-state index is 12.7. The lowest BCUT2D eigenvalue weighted by molar-refractivity contribution is -0.133. The average Bonchev–Trinajstić information content (AvgIpc) is 3.47. The van der Waals surface area contributed by atoms with Gasteiger partial charge < -0.3 is 19.4 Å². The molecular weight excluding hydrogens is 358 g/mol. The number of rotatable bonds is 5. The predicted octanol–water partition coefficient (Wildman–Crippen LogP) is 1.50. The lowest BCUT2D eigenvalue weighted by atomic mass is 9.73. The first kappa shape index (κ1) is 18.2. The molecule has 2 amide bonds. The average molecular weight is 387 g/mol. The molecule has 0 saturated carbocycles. The van der Waals surface area contributed by atoms with Gasteiger partial charge >= 0.3 is 0 Å². The number of furan rings is 1. The summed E-state index contributed by atoms with van der Waals surface area (Å²) in [5.74, 6) is 1.13. The van der Waals surface area contributed by atoms with Crippen LogP contribution in [-0.2, 0) is 9.53 Å². The Morgan fingerprint density at radius 1 is 1.25 bits per heavy atom. The Balaban J connectivity index is 1.20. The number of ether oxygens (including phenoxy) is 1. The van der Waals surface area contributed by atoms with E-state index in [9.17, 15) is 9.59 Å². The second kappa shape index (κ2) is 7.19. The Morgan fingerprint density at radius 2 is 2.11 bits per heavy atom. The molecule has 1 aromatic heterocycles. The zero-order chi connectivity index (χ0) is 19.1. The largest absolute Gasteiger partial charge is 0.459 e. The number of amides is 2. The molecule has 7 heteroatoms. The minimum Gasteiger partial charge on any atom is -0.459 e. The molecule has 0 aliphatic carbocycles. The monoisotopic (exact) mass is 387 g/mol. The molecule has 0 radical (unpaired) electrons. The number of carbonyl (C=O) groups excluding carboxylic acids is 2. The van der Waals surface area contributed by atoms with Gasteiger partial charge in [0.25, 0.3) is 5.91 Å². The normalized spacial score (nSPS) is 34.6. The highest BCUT2D eigenvalue weighted by molar-refractivity contribution is 5.91. The van der Waals surface area contributed by atoms with Gasteiger partial charge in [0.2, 0.25) is 5.91 Å². The Hall–Kier alpha value is -1.86. The van der Waals surface area contributed by atoms with Crippen LogP contribution in [0.2, 0.25) is 0 Å². The summed E-state index contributed by atoms with van der Waals surface area (Å²) in [5.41, 5.74) is -0.118. The maximum absolute atomic E-state index is 12.7. The smallest absolute Gasteiger partial charge is 0.286 e. The predicted molar refractivity (Wildman–Crippen MR) is 102 cm³/mol. The van der Waals surface area contributed by atoms with Crippen LogP contribution in [0.25, 0.3) is 0 Å². The second-order valence-corrected chi connectivity index (χ2v) is 8.83. The maximum Gasteiger partial charge on any atom is 0.286 e. The summed E-state index contributed by atoms with van der Waals surface area (Å²) >= 11 is 0. The van der Waals surface area contributed by atoms with Gasteiger partial charge in [0, 0.05) is 44.6 Å². The minimum atomic E-state index is -0.169. The van der Waals surface area contributed by atoms with Crippen LogP contribution in [0.5, 0.6) is 0 Å². The van der Waals surface area contributed by atoms with Gasteiger partial charge in [-0.2, -0.15) is 0 Å². The molecule has 1 aromatic rings. The zero-order valence-electron chi connectivity index (χ0n) is 16.3. The van der Waals surface area contributed by atoms with Crippen LogP contribution in [0.4, 0.5) is 0 Å². The van der Waals surface area contributed by atoms with Crippen molar-refractivity contribution in [1.82, 2.24) is 15.1 Å². The summed E-state index contributed by atoms with van der Waals surface area (Å²) in [7, 11) is 0. The Kier molecular flexibility index (Phi) is 4.67. The van der Waals surface area contributed by atoms with E-state index in [1.165, 1.54) is 12.7 Å². The van der Waals surface area contributed by atoms with Gasteiger partial charge in [0.05, 0.1) is 24.5 Å². The second-order valence-electron chi connectivity index (χ2n) is 8.83. The van der Waals surface area contributed by atoms with Gasteiger partial charge in [0.1, 0.15) is 0 Å². The van der Waals surface area contributed by atoms with Crippen molar-refractivity contribution < 1.29 is 18.7 Å². The zero-order valence-corrected chi connectivity index (χ0v) is 16.3. The first-order chi connectivity index (χ1) is 13.6. The number of hydrogen-bond donors (Lipinski definition) is 1. The van der Waals surface area contributed by atoms with Crippen LogP contribution < -0.4 is 5.32 Å². The lowest BCUT2D eigenvalue weighted by Crippen LogP contribution is -2.43. The molecule has 4 atom stereocenters. The number of nitrogens with zero attached hydrogens (tertiary/aromatic N) is 2. The van der Waals surface area contributed by atoms with Crippen LogP contribution in [0, 0.1) is 11.8 Å². The topological polar surface area (TPSA) is 75.0 Å². The molecule has 2 bridgehead atoms. The molecule has 0 aromatic carbocycles. The quantitative estimate of drug-likeness (QED) is 0.829. The van der Waals surface area contributed by atoms with Crippen molar-refractivity contribution in [2.45, 2.75) is 43.8 Å². The fourth-order valence-electron chi connectivity index (χ4n) is 5.82. The summed E-state index contributed by atoms with van der Waals surface area (Å²) in [6, 6.07) is 3.40. The molecular formula is C21H29N3O4. The Labute approximate surface area is 165 Å². The summed E-state index contributed by atoms with van der Waals surface area (Å²) in [5, 5.41) is 3.02. The summed E-state index contributed by atoms with van der Waals surface area (Å²) < 4.78 is 11.6. The third kappa shape index (κ3) is 3.14. The number of hydrogen-bond acceptors (Lipinski definition) is 5. The van der Waals surface area contributed by atoms with Crippen molar-refractivity contribution >= 4 is 11.8 Å². The molecule has 4 saturated heterocycles. The Bertz CT molecular complexity index is 730. The van der Waals surface area contributed by atoms with Crippen LogP contribution >= 0.6 is 0 Å². The van der Waals surface area contributed by atoms with Gasteiger partial charge in [-0.3, -0.25) is 14.5 Å². The van der Waals surface area contributed by atoms with Crippen molar-refractivity contribution in [1.29, 1.82) is 0 Å². The minimum absolute atomic E-state index is 0.118. The van der Waals surface area contributed by atoms with E-state index in [0.29, 0.717) is 30.7 Å². The van der Waals surface area contributed by atoms with Crippen molar-refractivity contribution in [2.75, 3.05) is 39.3 Å². The van der Waals surface area contributed by atoms with E-state index in [0.717, 1.165) is 51.9 Å². The summed E-state index contributed by atoms with van der Waals surface area (Å²) in [4.78, 5) is 29.2. The SMILES string of the molecule is O=C(NC[C@H]1[C@H]2CN(CC(=O)N3CCCCC3)C[C@]23CC[C@H]1O3)c1ccco1. The molecule has 28 heavy (non-hydrogen) atoms. The third-order valence-electron chi connectivity index (χ3n) is 7.17. The van der Waals surface area contributed by atoms with Gasteiger partial charge in [-0.15, -0.1) is 0 Å². The van der Waals surface area contributed by atoms with Gasteiger partial charge in [-0.1, -0.05) is 0 Å². The third-order valence-corrected chi connectivity index (χ3v) is 7.17. The molecule has 7 nitrogen and oxygen atoms in total.